The smallest absolute Gasteiger partial charge is 0.264 e. The maximum absolute atomic E-state index is 14.3. The number of sulfonamides is 1. The van der Waals surface area contributed by atoms with Crippen molar-refractivity contribution in [2.75, 3.05) is 30.7 Å². The highest BCUT2D eigenvalue weighted by Gasteiger charge is 2.32. The van der Waals surface area contributed by atoms with Crippen LogP contribution in [-0.4, -0.2) is 77.9 Å². The van der Waals surface area contributed by atoms with E-state index < -0.39 is 26.6 Å². The van der Waals surface area contributed by atoms with Gasteiger partial charge in [-0.2, -0.15) is 0 Å². The molecule has 12 nitrogen and oxygen atoms in total. The molecule has 0 unspecified atom stereocenters. The molecule has 1 fully saturated rings. The van der Waals surface area contributed by atoms with Crippen LogP contribution in [0.15, 0.2) is 51.9 Å². The van der Waals surface area contributed by atoms with E-state index in [9.17, 15) is 17.2 Å². The molecule has 2 atom stereocenters. The topological polar surface area (TPSA) is 164 Å². The molecular weight excluding hydrogens is 618 g/mol. The molecule has 0 saturated carbocycles. The molecule has 1 aliphatic heterocycles. The van der Waals surface area contributed by atoms with Crippen molar-refractivity contribution in [1.29, 1.82) is 5.41 Å². The Hall–Kier alpha value is -4.47. The van der Waals surface area contributed by atoms with Crippen molar-refractivity contribution in [1.82, 2.24) is 25.0 Å². The van der Waals surface area contributed by atoms with Crippen LogP contribution in [0.25, 0.3) is 22.6 Å². The van der Waals surface area contributed by atoms with Gasteiger partial charge in [-0.1, -0.05) is 0 Å². The number of rotatable bonds is 10. The van der Waals surface area contributed by atoms with Crippen molar-refractivity contribution < 1.29 is 26.4 Å². The Morgan fingerprint density at radius 3 is 2.48 bits per heavy atom. The molecule has 0 spiro atoms. The number of benzene rings is 2. The number of anilines is 2. The second-order valence-electron chi connectivity index (χ2n) is 11.6. The number of nitrogens with zero attached hydrogens (tertiary/aromatic N) is 5. The van der Waals surface area contributed by atoms with Gasteiger partial charge in [0.05, 0.1) is 19.2 Å². The number of nitrogens with one attached hydrogen (secondary N) is 2. The van der Waals surface area contributed by atoms with Crippen LogP contribution in [0, 0.1) is 17.0 Å². The second-order valence-corrected chi connectivity index (χ2v) is 13.2. The first kappa shape index (κ1) is 32.9. The van der Waals surface area contributed by atoms with E-state index in [1.807, 2.05) is 0 Å². The van der Waals surface area contributed by atoms with Crippen molar-refractivity contribution in [2.45, 2.75) is 57.3 Å². The van der Waals surface area contributed by atoms with E-state index in [-0.39, 0.29) is 23.1 Å². The summed E-state index contributed by atoms with van der Waals surface area (Å²) in [6.45, 7) is 11.0. The maximum Gasteiger partial charge on any atom is 0.264 e. The van der Waals surface area contributed by atoms with Crippen molar-refractivity contribution >= 4 is 27.6 Å². The summed E-state index contributed by atoms with van der Waals surface area (Å²) in [5, 5.41) is 16.5. The second kappa shape index (κ2) is 13.1. The standard InChI is InChI=1S/C31H36F2N8O4S/c1-17(2)41-18(3)14-40(15-19(41)4)16-29-37-38-30(45-29)23-8-20(9-26(35)24(23)12-34)21-10-27(31(44-5)36-13-21)39-46(42,43)28-7-6-22(32)11-25(28)33/h6-13,17-19,34,39H,14-16,35H2,1-5H3/t18-,19+. The number of pyridine rings is 1. The first-order valence-corrected chi connectivity index (χ1v) is 16.1. The van der Waals surface area contributed by atoms with Gasteiger partial charge in [0.15, 0.2) is 0 Å². The molecule has 0 bridgehead atoms. The first-order chi connectivity index (χ1) is 21.8. The van der Waals surface area contributed by atoms with Gasteiger partial charge in [0.2, 0.25) is 17.7 Å². The van der Waals surface area contributed by atoms with Gasteiger partial charge in [0.1, 0.15) is 22.2 Å². The predicted octanol–water partition coefficient (Wildman–Crippen LogP) is 4.77. The third-order valence-corrected chi connectivity index (χ3v) is 9.28. The zero-order valence-corrected chi connectivity index (χ0v) is 26.9. The fourth-order valence-electron chi connectivity index (χ4n) is 6.13. The molecule has 0 amide bonds. The van der Waals surface area contributed by atoms with E-state index >= 15 is 0 Å². The quantitative estimate of drug-likeness (QED) is 0.160. The molecular formula is C31H36F2N8O4S. The average Bonchev–Trinajstić information content (AvgIpc) is 3.44. The van der Waals surface area contributed by atoms with E-state index in [0.29, 0.717) is 58.9 Å². The van der Waals surface area contributed by atoms with Crippen LogP contribution in [0.1, 0.15) is 39.1 Å². The summed E-state index contributed by atoms with van der Waals surface area (Å²) < 4.78 is 67.4. The number of nitrogens with two attached hydrogens (primary N) is 1. The molecule has 46 heavy (non-hydrogen) atoms. The highest BCUT2D eigenvalue weighted by Crippen LogP contribution is 2.36. The Bertz CT molecular complexity index is 1860. The zero-order chi connectivity index (χ0) is 33.3. The average molecular weight is 655 g/mol. The summed E-state index contributed by atoms with van der Waals surface area (Å²) in [6.07, 6.45) is 2.53. The van der Waals surface area contributed by atoms with Crippen LogP contribution in [0.5, 0.6) is 5.88 Å². The summed E-state index contributed by atoms with van der Waals surface area (Å²) >= 11 is 0. The Morgan fingerprint density at radius 1 is 1.13 bits per heavy atom. The van der Waals surface area contributed by atoms with E-state index in [0.717, 1.165) is 31.4 Å². The molecule has 15 heteroatoms. The van der Waals surface area contributed by atoms with Gasteiger partial charge in [-0.05, 0) is 63.6 Å². The van der Waals surface area contributed by atoms with Crippen LogP contribution in [0.4, 0.5) is 20.2 Å². The van der Waals surface area contributed by atoms with E-state index in [2.05, 4.69) is 57.4 Å². The summed E-state index contributed by atoms with van der Waals surface area (Å²) in [6, 6.07) is 8.01. The number of ether oxygens (including phenoxy) is 1. The highest BCUT2D eigenvalue weighted by atomic mass is 32.2. The third-order valence-electron chi connectivity index (χ3n) is 7.88. The lowest BCUT2D eigenvalue weighted by Crippen LogP contribution is -2.58. The van der Waals surface area contributed by atoms with Crippen LogP contribution in [-0.2, 0) is 16.6 Å². The Balaban J connectivity index is 1.45. The van der Waals surface area contributed by atoms with Gasteiger partial charge in [-0.3, -0.25) is 14.5 Å². The molecule has 1 saturated heterocycles. The third kappa shape index (κ3) is 6.71. The van der Waals surface area contributed by atoms with Crippen molar-refractivity contribution in [3.8, 4) is 28.5 Å². The minimum atomic E-state index is -4.49. The van der Waals surface area contributed by atoms with E-state index in [4.69, 9.17) is 20.3 Å². The molecule has 2 aromatic heterocycles. The molecule has 3 heterocycles. The zero-order valence-electron chi connectivity index (χ0n) is 26.1. The highest BCUT2D eigenvalue weighted by molar-refractivity contribution is 7.92. The van der Waals surface area contributed by atoms with Gasteiger partial charge < -0.3 is 20.3 Å². The Morgan fingerprint density at radius 2 is 1.85 bits per heavy atom. The van der Waals surface area contributed by atoms with Gasteiger partial charge >= 0.3 is 0 Å². The SMILES string of the molecule is COc1ncc(-c2cc(N)c(C=N)c(-c3nnc(CN4C[C@@H](C)N(C(C)C)[C@@H](C)C4)o3)c2)cc1NS(=O)(=O)c1ccc(F)cc1F. The van der Waals surface area contributed by atoms with Crippen molar-refractivity contribution in [3.63, 3.8) is 0 Å². The maximum atomic E-state index is 14.3. The predicted molar refractivity (Wildman–Crippen MR) is 170 cm³/mol. The minimum absolute atomic E-state index is 0.0847. The van der Waals surface area contributed by atoms with Gasteiger partial charge in [-0.25, -0.2) is 22.2 Å². The van der Waals surface area contributed by atoms with E-state index in [1.165, 1.54) is 19.4 Å². The lowest BCUT2D eigenvalue weighted by atomic mass is 9.98. The Labute approximate surface area is 266 Å². The van der Waals surface area contributed by atoms with Crippen LogP contribution in [0.3, 0.4) is 0 Å². The molecule has 4 N–H and O–H groups in total. The summed E-state index contributed by atoms with van der Waals surface area (Å²) in [5.74, 6) is -1.67. The van der Waals surface area contributed by atoms with E-state index in [1.54, 1.807) is 12.1 Å². The number of hydrogen-bond acceptors (Lipinski definition) is 11. The normalized spacial score (nSPS) is 17.7. The number of nitrogen functional groups attached to an aromatic ring is 1. The largest absolute Gasteiger partial charge is 0.480 e. The number of piperazine rings is 1. The van der Waals surface area contributed by atoms with Crippen molar-refractivity contribution in [3.05, 3.63) is 65.7 Å². The van der Waals surface area contributed by atoms with Crippen LogP contribution >= 0.6 is 0 Å². The van der Waals surface area contributed by atoms with Crippen molar-refractivity contribution in [2.24, 2.45) is 0 Å². The molecule has 5 rings (SSSR count). The summed E-state index contributed by atoms with van der Waals surface area (Å²) in [7, 11) is -3.19. The molecule has 4 aromatic rings. The first-order valence-electron chi connectivity index (χ1n) is 14.6. The minimum Gasteiger partial charge on any atom is -0.480 e. The molecule has 0 radical (unpaired) electrons. The molecule has 0 aliphatic carbocycles. The number of halogens is 2. The summed E-state index contributed by atoms with van der Waals surface area (Å²) in [4.78, 5) is 8.23. The fraction of sp³-hybridized carbons (Fsp3) is 0.355. The fourth-order valence-corrected chi connectivity index (χ4v) is 7.24. The van der Waals surface area contributed by atoms with Crippen LogP contribution in [0.2, 0.25) is 0 Å². The number of hydrogen-bond donors (Lipinski definition) is 3. The molecule has 1 aliphatic rings. The van der Waals surface area contributed by atoms with Gasteiger partial charge in [-0.15, -0.1) is 10.2 Å². The lowest BCUT2D eigenvalue weighted by Gasteiger charge is -2.46. The number of methoxy groups -OCH3 is 1. The number of aromatic nitrogens is 3. The molecule has 2 aromatic carbocycles. The van der Waals surface area contributed by atoms with Crippen LogP contribution < -0.4 is 15.2 Å². The van der Waals surface area contributed by atoms with Gasteiger partial charge in [0, 0.05) is 66.5 Å². The van der Waals surface area contributed by atoms with Gasteiger partial charge in [0.25, 0.3) is 10.0 Å². The molecule has 244 valence electrons. The Kier molecular flexibility index (Phi) is 9.37. The summed E-state index contributed by atoms with van der Waals surface area (Å²) in [5.41, 5.74) is 8.16. The monoisotopic (exact) mass is 654 g/mol. The lowest BCUT2D eigenvalue weighted by molar-refractivity contribution is 0.0102.